The maximum Gasteiger partial charge on any atom is 0.309 e. The second kappa shape index (κ2) is 4.47. The molecule has 0 spiro atoms. The molecule has 0 fully saturated rings. The van der Waals surface area contributed by atoms with Crippen LogP contribution in [0.4, 0.5) is 4.39 Å². The number of thiazole rings is 1. The normalized spacial score (nSPS) is 11.0. The minimum atomic E-state index is -0.878. The number of carbonyl (C=O) groups is 1. The van der Waals surface area contributed by atoms with Crippen molar-refractivity contribution in [1.82, 2.24) is 9.38 Å². The number of rotatable bonds is 3. The lowest BCUT2D eigenvalue weighted by molar-refractivity contribution is -0.136. The Kier molecular flexibility index (Phi) is 2.79. The first-order valence-corrected chi connectivity index (χ1v) is 6.44. The molecule has 0 aliphatic rings. The van der Waals surface area contributed by atoms with Crippen molar-refractivity contribution < 1.29 is 14.3 Å². The second-order valence-electron chi connectivity index (χ2n) is 4.08. The van der Waals surface area contributed by atoms with E-state index in [2.05, 4.69) is 4.98 Å². The van der Waals surface area contributed by atoms with Gasteiger partial charge in [0, 0.05) is 22.8 Å². The van der Waals surface area contributed by atoms with Crippen molar-refractivity contribution >= 4 is 22.3 Å². The third-order valence-electron chi connectivity index (χ3n) is 2.76. The summed E-state index contributed by atoms with van der Waals surface area (Å²) >= 11 is 1.39. The average Bonchev–Trinajstić information content (AvgIpc) is 2.92. The van der Waals surface area contributed by atoms with Crippen molar-refractivity contribution in [3.63, 3.8) is 0 Å². The molecule has 4 nitrogen and oxygen atoms in total. The molecule has 0 aliphatic heterocycles. The highest BCUT2D eigenvalue weighted by Crippen LogP contribution is 2.24. The van der Waals surface area contributed by atoms with Gasteiger partial charge < -0.3 is 5.11 Å². The van der Waals surface area contributed by atoms with Crippen LogP contribution in [-0.2, 0) is 11.2 Å². The van der Waals surface area contributed by atoms with Gasteiger partial charge in [-0.05, 0) is 24.3 Å². The summed E-state index contributed by atoms with van der Waals surface area (Å²) in [5.41, 5.74) is 2.20. The molecule has 0 saturated carbocycles. The molecular formula is C13H9FN2O2S. The fraction of sp³-hybridized carbons (Fsp3) is 0.0769. The minimum Gasteiger partial charge on any atom is -0.481 e. The summed E-state index contributed by atoms with van der Waals surface area (Å²) in [7, 11) is 0. The molecule has 3 aromatic rings. The molecule has 6 heteroatoms. The standard InChI is InChI=1S/C13H9FN2O2S/c14-9-3-1-8(2-4-9)11-6-16-10(5-12(17)18)7-19-13(16)15-11/h1-4,6-7H,5H2,(H,17,18). The van der Waals surface area contributed by atoms with Gasteiger partial charge in [0.05, 0.1) is 12.1 Å². The Labute approximate surface area is 111 Å². The topological polar surface area (TPSA) is 54.6 Å². The van der Waals surface area contributed by atoms with Gasteiger partial charge in [-0.15, -0.1) is 11.3 Å². The van der Waals surface area contributed by atoms with Crippen LogP contribution in [0, 0.1) is 5.82 Å². The summed E-state index contributed by atoms with van der Waals surface area (Å²) in [6.45, 7) is 0. The highest BCUT2D eigenvalue weighted by atomic mass is 32.1. The lowest BCUT2D eigenvalue weighted by Crippen LogP contribution is -2.02. The van der Waals surface area contributed by atoms with E-state index in [0.717, 1.165) is 10.5 Å². The Morgan fingerprint density at radius 2 is 2.11 bits per heavy atom. The van der Waals surface area contributed by atoms with Gasteiger partial charge in [0.25, 0.3) is 0 Å². The van der Waals surface area contributed by atoms with Crippen LogP contribution in [0.1, 0.15) is 5.69 Å². The molecule has 2 aromatic heterocycles. The zero-order valence-electron chi connectivity index (χ0n) is 9.71. The number of aliphatic carboxylic acids is 1. The zero-order valence-corrected chi connectivity index (χ0v) is 10.5. The van der Waals surface area contributed by atoms with Gasteiger partial charge in [-0.2, -0.15) is 0 Å². The molecule has 0 radical (unpaired) electrons. The van der Waals surface area contributed by atoms with E-state index < -0.39 is 5.97 Å². The summed E-state index contributed by atoms with van der Waals surface area (Å²) in [5, 5.41) is 10.6. The van der Waals surface area contributed by atoms with Gasteiger partial charge in [0.2, 0.25) is 0 Å². The Bertz CT molecular complexity index is 746. The minimum absolute atomic E-state index is 0.0424. The molecule has 0 aliphatic carbocycles. The van der Waals surface area contributed by atoms with E-state index in [0.29, 0.717) is 11.4 Å². The first kappa shape index (κ1) is 11.9. The van der Waals surface area contributed by atoms with Crippen LogP contribution < -0.4 is 0 Å². The van der Waals surface area contributed by atoms with Crippen LogP contribution in [0.25, 0.3) is 16.2 Å². The van der Waals surface area contributed by atoms with Crippen LogP contribution in [0.5, 0.6) is 0 Å². The highest BCUT2D eigenvalue weighted by molar-refractivity contribution is 7.15. The molecule has 0 unspecified atom stereocenters. The number of carboxylic acids is 1. The van der Waals surface area contributed by atoms with Gasteiger partial charge >= 0.3 is 5.97 Å². The fourth-order valence-electron chi connectivity index (χ4n) is 1.87. The predicted octanol–water partition coefficient (Wildman–Crippen LogP) is 2.83. The zero-order chi connectivity index (χ0) is 13.4. The smallest absolute Gasteiger partial charge is 0.309 e. The number of hydrogen-bond acceptors (Lipinski definition) is 3. The number of carboxylic acid groups (broad SMARTS) is 1. The van der Waals surface area contributed by atoms with E-state index in [4.69, 9.17) is 5.11 Å². The van der Waals surface area contributed by atoms with E-state index in [-0.39, 0.29) is 12.2 Å². The van der Waals surface area contributed by atoms with Crippen LogP contribution in [0.3, 0.4) is 0 Å². The first-order chi connectivity index (χ1) is 9.13. The number of nitrogens with zero attached hydrogens (tertiary/aromatic N) is 2. The van der Waals surface area contributed by atoms with E-state index in [9.17, 15) is 9.18 Å². The third kappa shape index (κ3) is 2.22. The van der Waals surface area contributed by atoms with E-state index in [1.165, 1.54) is 23.5 Å². The highest BCUT2D eigenvalue weighted by Gasteiger charge is 2.11. The van der Waals surface area contributed by atoms with Crippen molar-refractivity contribution in [3.8, 4) is 11.3 Å². The molecule has 0 atom stereocenters. The largest absolute Gasteiger partial charge is 0.481 e. The monoisotopic (exact) mass is 276 g/mol. The summed E-state index contributed by atoms with van der Waals surface area (Å²) in [6, 6.07) is 6.05. The van der Waals surface area contributed by atoms with E-state index in [1.54, 1.807) is 28.1 Å². The van der Waals surface area contributed by atoms with E-state index >= 15 is 0 Å². The Morgan fingerprint density at radius 3 is 2.79 bits per heavy atom. The lowest BCUT2D eigenvalue weighted by atomic mass is 10.2. The number of aromatic nitrogens is 2. The number of hydrogen-bond donors (Lipinski definition) is 1. The molecule has 3 rings (SSSR count). The molecule has 0 bridgehead atoms. The maximum atomic E-state index is 12.9. The molecule has 1 N–H and O–H groups in total. The maximum absolute atomic E-state index is 12.9. The van der Waals surface area contributed by atoms with Gasteiger partial charge in [-0.25, -0.2) is 9.37 Å². The molecule has 0 saturated heterocycles. The molecule has 2 heterocycles. The lowest BCUT2D eigenvalue weighted by Gasteiger charge is -1.96. The van der Waals surface area contributed by atoms with Crippen LogP contribution in [-0.4, -0.2) is 20.5 Å². The summed E-state index contributed by atoms with van der Waals surface area (Å²) in [6.07, 6.45) is 1.73. The third-order valence-corrected chi connectivity index (χ3v) is 3.64. The van der Waals surface area contributed by atoms with Gasteiger partial charge in [-0.1, -0.05) is 0 Å². The van der Waals surface area contributed by atoms with Crippen LogP contribution >= 0.6 is 11.3 Å². The number of fused-ring (bicyclic) bond motifs is 1. The number of imidazole rings is 1. The van der Waals surface area contributed by atoms with Crippen molar-refractivity contribution in [2.24, 2.45) is 0 Å². The van der Waals surface area contributed by atoms with Crippen molar-refractivity contribution in [2.45, 2.75) is 6.42 Å². The van der Waals surface area contributed by atoms with Crippen LogP contribution in [0.15, 0.2) is 35.8 Å². The summed E-state index contributed by atoms with van der Waals surface area (Å²) in [4.78, 5) is 15.9. The number of benzene rings is 1. The second-order valence-corrected chi connectivity index (χ2v) is 4.92. The predicted molar refractivity (Wildman–Crippen MR) is 69.8 cm³/mol. The first-order valence-electron chi connectivity index (χ1n) is 5.56. The van der Waals surface area contributed by atoms with Crippen molar-refractivity contribution in [2.75, 3.05) is 0 Å². The Morgan fingerprint density at radius 1 is 1.37 bits per heavy atom. The van der Waals surface area contributed by atoms with Crippen molar-refractivity contribution in [3.05, 3.63) is 47.4 Å². The van der Waals surface area contributed by atoms with Crippen molar-refractivity contribution in [1.29, 1.82) is 0 Å². The quantitative estimate of drug-likeness (QED) is 0.800. The number of halogens is 1. The Balaban J connectivity index is 2.04. The van der Waals surface area contributed by atoms with Gasteiger partial charge in [0.15, 0.2) is 4.96 Å². The van der Waals surface area contributed by atoms with Gasteiger partial charge in [0.1, 0.15) is 5.82 Å². The SMILES string of the molecule is O=C(O)Cc1csc2nc(-c3ccc(F)cc3)cn12. The molecule has 1 aromatic carbocycles. The molecule has 19 heavy (non-hydrogen) atoms. The molecule has 0 amide bonds. The summed E-state index contributed by atoms with van der Waals surface area (Å²) in [5.74, 6) is -1.17. The van der Waals surface area contributed by atoms with Crippen LogP contribution in [0.2, 0.25) is 0 Å². The molecule has 96 valence electrons. The Hall–Kier alpha value is -2.21. The average molecular weight is 276 g/mol. The molecular weight excluding hydrogens is 267 g/mol. The fourth-order valence-corrected chi connectivity index (χ4v) is 2.74. The summed E-state index contributed by atoms with van der Waals surface area (Å²) < 4.78 is 14.6. The van der Waals surface area contributed by atoms with Gasteiger partial charge in [-0.3, -0.25) is 9.20 Å². The van der Waals surface area contributed by atoms with E-state index in [1.807, 2.05) is 0 Å².